The van der Waals surface area contributed by atoms with Crippen LogP contribution in [0, 0.1) is 5.92 Å². The predicted molar refractivity (Wildman–Crippen MR) is 264 cm³/mol. The van der Waals surface area contributed by atoms with Crippen LogP contribution in [-0.2, 0) is 22.6 Å². The van der Waals surface area contributed by atoms with E-state index in [1.807, 2.05) is 12.5 Å². The molecule has 0 rings (SSSR count). The lowest BCUT2D eigenvalue weighted by molar-refractivity contribution is -0.149. The Hall–Kier alpha value is -0.0300. The molecule has 0 aromatic carbocycles. The molecule has 0 aliphatic heterocycles. The third kappa shape index (κ3) is 45.8. The van der Waals surface area contributed by atoms with Gasteiger partial charge in [0.1, 0.15) is 0 Å². The molecule has 2 atom stereocenters. The summed E-state index contributed by atoms with van der Waals surface area (Å²) in [6, 6.07) is 0. The zero-order chi connectivity index (χ0) is 43.9. The fourth-order valence-corrected chi connectivity index (χ4v) is 8.63. The molecule has 2 unspecified atom stereocenters. The number of carbonyl (C=O) groups is 1. The molecular weight excluding hydrogens is 775 g/mol. The minimum Gasteiger partial charge on any atom is -0.465 e. The number of hydrogen-bond donors (Lipinski definition) is 1. The van der Waals surface area contributed by atoms with E-state index < -0.39 is 10.6 Å². The summed E-state index contributed by atoms with van der Waals surface area (Å²) in [5, 5.41) is 9.37. The summed E-state index contributed by atoms with van der Waals surface area (Å²) in [7, 11) is -1.65. The van der Waals surface area contributed by atoms with Crippen molar-refractivity contribution >= 4 is 28.3 Å². The van der Waals surface area contributed by atoms with Gasteiger partial charge in [0, 0.05) is 32.1 Å². The van der Waals surface area contributed by atoms with E-state index in [1.54, 1.807) is 11.8 Å². The molecule has 358 valence electrons. The molecule has 0 spiro atoms. The van der Waals surface area contributed by atoms with E-state index >= 15 is 0 Å². The number of aliphatic hydroxyl groups excluding tert-OH is 1. The summed E-state index contributed by atoms with van der Waals surface area (Å²) in [5.74, 6) is 0.145. The van der Waals surface area contributed by atoms with Gasteiger partial charge in [-0.05, 0) is 96.4 Å². The first kappa shape index (κ1) is 61.1. The maximum atomic E-state index is 13.0. The Kier molecular flexibility index (Phi) is 50.7. The lowest BCUT2D eigenvalue weighted by Crippen LogP contribution is -2.28. The molecule has 0 bridgehead atoms. The van der Waals surface area contributed by atoms with Crippen molar-refractivity contribution in [1.82, 2.24) is 4.90 Å². The number of ether oxygens (including phenoxy) is 2. The van der Waals surface area contributed by atoms with Gasteiger partial charge in [0.15, 0.2) is 6.29 Å². The van der Waals surface area contributed by atoms with E-state index in [4.69, 9.17) is 17.8 Å². The molecule has 0 aromatic rings. The Labute approximate surface area is 375 Å². The fraction of sp³-hybridized carbons (Fsp3) is 0.980. The number of rotatable bonds is 46. The Morgan fingerprint density at radius 1 is 0.525 bits per heavy atom. The highest BCUT2D eigenvalue weighted by molar-refractivity contribution is 8.24. The van der Waals surface area contributed by atoms with Crippen molar-refractivity contribution in [1.29, 1.82) is 0 Å². The molecule has 1 N–H and O–H groups in total. The summed E-state index contributed by atoms with van der Waals surface area (Å²) in [6.07, 6.45) is 45.8. The van der Waals surface area contributed by atoms with Crippen molar-refractivity contribution in [2.75, 3.05) is 71.1 Å². The second kappa shape index (κ2) is 49.0. The van der Waals surface area contributed by atoms with Crippen molar-refractivity contribution < 1.29 is 27.7 Å². The highest BCUT2D eigenvalue weighted by Crippen LogP contribution is 2.44. The Morgan fingerprint density at radius 3 is 1.44 bits per heavy atom. The van der Waals surface area contributed by atoms with Crippen LogP contribution in [0.1, 0.15) is 233 Å². The molecule has 0 heterocycles. The van der Waals surface area contributed by atoms with E-state index in [9.17, 15) is 9.90 Å². The minimum absolute atomic E-state index is 0.0556. The molecule has 0 fully saturated rings. The predicted octanol–water partition coefficient (Wildman–Crippen LogP) is 15.3. The second-order valence-corrected chi connectivity index (χ2v) is 20.9. The van der Waals surface area contributed by atoms with Crippen LogP contribution in [0.4, 0.5) is 0 Å². The highest BCUT2D eigenvalue weighted by Gasteiger charge is 2.20. The Balaban J connectivity index is 0. The normalized spacial score (nSPS) is 13.1. The van der Waals surface area contributed by atoms with E-state index in [1.165, 1.54) is 109 Å². The van der Waals surface area contributed by atoms with Gasteiger partial charge in [0.05, 0.1) is 19.1 Å². The third-order valence-electron chi connectivity index (χ3n) is 11.1. The first-order chi connectivity index (χ1) is 28.7. The maximum absolute atomic E-state index is 13.0. The van der Waals surface area contributed by atoms with Crippen LogP contribution >= 0.6 is 22.4 Å². The van der Waals surface area contributed by atoms with Crippen molar-refractivity contribution in [3.8, 4) is 0 Å². The second-order valence-electron chi connectivity index (χ2n) is 17.4. The quantitative estimate of drug-likeness (QED) is 0.0368. The average Bonchev–Trinajstić information content (AvgIpc) is 3.21. The summed E-state index contributed by atoms with van der Waals surface area (Å²) >= 11 is 1.75. The number of nitrogens with zero attached hydrogens (tertiary/aromatic N) is 1. The molecule has 0 aromatic heterocycles. The van der Waals surface area contributed by atoms with Gasteiger partial charge >= 0.3 is 5.97 Å². The van der Waals surface area contributed by atoms with Crippen LogP contribution in [0.2, 0.25) is 0 Å². The van der Waals surface area contributed by atoms with E-state index in [-0.39, 0.29) is 24.8 Å². The van der Waals surface area contributed by atoms with Crippen LogP contribution in [-0.4, -0.2) is 93.4 Å². The molecule has 0 saturated heterocycles. The van der Waals surface area contributed by atoms with Gasteiger partial charge in [-0.25, -0.2) is 0 Å². The SMILES string of the molecule is CCCCCCCCOC(CCCCCCC)OS(C)(C)OCCCCN(CCCCO)CCCCCCOC(=O)C(CCCCCC)CCCCCCCC.CSC. The lowest BCUT2D eigenvalue weighted by atomic mass is 9.94. The average molecular weight is 881 g/mol. The summed E-state index contributed by atoms with van der Waals surface area (Å²) in [5.41, 5.74) is 0. The van der Waals surface area contributed by atoms with E-state index in [0.29, 0.717) is 13.2 Å². The van der Waals surface area contributed by atoms with Gasteiger partial charge in [-0.2, -0.15) is 22.4 Å². The zero-order valence-corrected chi connectivity index (χ0v) is 42.6. The number of esters is 1. The van der Waals surface area contributed by atoms with Crippen molar-refractivity contribution in [3.05, 3.63) is 0 Å². The van der Waals surface area contributed by atoms with Gasteiger partial charge in [-0.15, -0.1) is 0 Å². The molecular formula is C50H105NO6S2. The summed E-state index contributed by atoms with van der Waals surface area (Å²) < 4.78 is 25.1. The van der Waals surface area contributed by atoms with Crippen LogP contribution in [0.15, 0.2) is 0 Å². The van der Waals surface area contributed by atoms with Gasteiger partial charge in [-0.1, -0.05) is 163 Å². The molecule has 0 amide bonds. The number of hydrogen-bond acceptors (Lipinski definition) is 8. The van der Waals surface area contributed by atoms with Crippen LogP contribution in [0.3, 0.4) is 0 Å². The topological polar surface area (TPSA) is 77.5 Å². The van der Waals surface area contributed by atoms with Crippen LogP contribution in [0.25, 0.3) is 0 Å². The van der Waals surface area contributed by atoms with Gasteiger partial charge < -0.3 is 19.5 Å². The largest absolute Gasteiger partial charge is 0.465 e. The molecule has 0 radical (unpaired) electrons. The van der Waals surface area contributed by atoms with Gasteiger partial charge in [0.2, 0.25) is 0 Å². The molecule has 0 aliphatic carbocycles. The van der Waals surface area contributed by atoms with E-state index in [2.05, 4.69) is 45.1 Å². The van der Waals surface area contributed by atoms with Crippen molar-refractivity contribution in [2.24, 2.45) is 5.92 Å². The summed E-state index contributed by atoms with van der Waals surface area (Å²) in [6.45, 7) is 14.5. The number of thioether (sulfide) groups is 1. The van der Waals surface area contributed by atoms with Gasteiger partial charge in [0.25, 0.3) is 0 Å². The fourth-order valence-electron chi connectivity index (χ4n) is 7.39. The number of carbonyl (C=O) groups excluding carboxylic acids is 1. The van der Waals surface area contributed by atoms with Gasteiger partial charge in [-0.3, -0.25) is 13.2 Å². The smallest absolute Gasteiger partial charge is 0.308 e. The Morgan fingerprint density at radius 2 is 0.915 bits per heavy atom. The summed E-state index contributed by atoms with van der Waals surface area (Å²) in [4.78, 5) is 15.6. The highest BCUT2D eigenvalue weighted by atomic mass is 32.3. The Bertz CT molecular complexity index is 822. The molecule has 7 nitrogen and oxygen atoms in total. The molecule has 59 heavy (non-hydrogen) atoms. The zero-order valence-electron chi connectivity index (χ0n) is 41.0. The standard InChI is InChI=1S/C48H99NO6S.C2H6S/c1-7-11-15-19-22-27-37-46(36-26-18-14-10-4)48(51)53-44-34-25-23-29-39-49(40-30-32-42-50)41-31-35-45-54-56(5,6)55-47(38-28-21-17-13-9-3)52-43-33-24-20-16-12-8-2;1-3-2/h46-47,50H,7-45H2,1-6H3;1-2H3. The molecule has 0 aliphatic rings. The molecule has 9 heteroatoms. The number of unbranched alkanes of at least 4 members (excludes halogenated alkanes) is 22. The first-order valence-electron chi connectivity index (χ1n) is 25.3. The maximum Gasteiger partial charge on any atom is 0.308 e. The molecule has 0 saturated carbocycles. The third-order valence-corrected chi connectivity index (χ3v) is 12.5. The first-order valence-corrected chi connectivity index (χ1v) is 29.3. The minimum atomic E-state index is -1.65. The van der Waals surface area contributed by atoms with Crippen LogP contribution in [0.5, 0.6) is 0 Å². The number of aliphatic hydroxyl groups is 1. The monoisotopic (exact) mass is 880 g/mol. The van der Waals surface area contributed by atoms with Crippen molar-refractivity contribution in [3.63, 3.8) is 0 Å². The van der Waals surface area contributed by atoms with Crippen LogP contribution < -0.4 is 0 Å². The van der Waals surface area contributed by atoms with E-state index in [0.717, 1.165) is 123 Å². The van der Waals surface area contributed by atoms with Crippen molar-refractivity contribution in [2.45, 2.75) is 239 Å². The lowest BCUT2D eigenvalue weighted by Gasteiger charge is -2.38.